The van der Waals surface area contributed by atoms with Gasteiger partial charge in [0.2, 0.25) is 0 Å². The average molecular weight is 290 g/mol. The van der Waals surface area contributed by atoms with E-state index in [1.54, 1.807) is 0 Å². The van der Waals surface area contributed by atoms with Gasteiger partial charge < -0.3 is 5.11 Å². The zero-order valence-corrected chi connectivity index (χ0v) is 13.5. The van der Waals surface area contributed by atoms with Crippen molar-refractivity contribution in [3.8, 4) is 0 Å². The van der Waals surface area contributed by atoms with E-state index in [-0.39, 0.29) is 12.2 Å². The number of benzene rings is 1. The number of hydrogen-bond donors (Lipinski definition) is 1. The summed E-state index contributed by atoms with van der Waals surface area (Å²) in [5.74, 6) is 0.0786. The van der Waals surface area contributed by atoms with Gasteiger partial charge in [0.15, 0.2) is 5.78 Å². The molecule has 0 amide bonds. The van der Waals surface area contributed by atoms with Crippen LogP contribution in [0.4, 0.5) is 0 Å². The summed E-state index contributed by atoms with van der Waals surface area (Å²) in [4.78, 5) is 22.8. The van der Waals surface area contributed by atoms with E-state index in [4.69, 9.17) is 5.11 Å². The van der Waals surface area contributed by atoms with Gasteiger partial charge in [-0.2, -0.15) is 0 Å². The van der Waals surface area contributed by atoms with Crippen molar-refractivity contribution in [3.63, 3.8) is 0 Å². The van der Waals surface area contributed by atoms with E-state index in [9.17, 15) is 9.59 Å². The van der Waals surface area contributed by atoms with E-state index in [0.29, 0.717) is 31.1 Å². The Morgan fingerprint density at radius 3 is 2.14 bits per heavy atom. The standard InChI is InChI=1S/C18H26O3/c1-12(2)14-9-10-15(16(11-14)13(3)4)17(19)7-5-6-8-18(20)21/h9-13H,5-8H2,1-4H3,(H,20,21). The van der Waals surface area contributed by atoms with Crippen LogP contribution in [0.2, 0.25) is 0 Å². The van der Waals surface area contributed by atoms with Crippen LogP contribution in [0.25, 0.3) is 0 Å². The molecule has 116 valence electrons. The van der Waals surface area contributed by atoms with Gasteiger partial charge in [-0.25, -0.2) is 0 Å². The van der Waals surface area contributed by atoms with Gasteiger partial charge in [0.05, 0.1) is 0 Å². The van der Waals surface area contributed by atoms with Gasteiger partial charge >= 0.3 is 5.97 Å². The number of Topliss-reactive ketones (excluding diaryl/α,β-unsaturated/α-hetero) is 1. The van der Waals surface area contributed by atoms with Crippen molar-refractivity contribution >= 4 is 11.8 Å². The van der Waals surface area contributed by atoms with Gasteiger partial charge in [0.25, 0.3) is 0 Å². The molecule has 0 aliphatic carbocycles. The summed E-state index contributed by atoms with van der Waals surface area (Å²) >= 11 is 0. The molecule has 1 rings (SSSR count). The summed E-state index contributed by atoms with van der Waals surface area (Å²) in [7, 11) is 0. The Morgan fingerprint density at radius 1 is 1.00 bits per heavy atom. The van der Waals surface area contributed by atoms with Gasteiger partial charge in [0, 0.05) is 18.4 Å². The second-order valence-electron chi connectivity index (χ2n) is 6.18. The third-order valence-electron chi connectivity index (χ3n) is 3.71. The van der Waals surface area contributed by atoms with Crippen molar-refractivity contribution in [2.24, 2.45) is 0 Å². The molecule has 0 saturated carbocycles. The summed E-state index contributed by atoms with van der Waals surface area (Å²) in [5.41, 5.74) is 3.15. The topological polar surface area (TPSA) is 54.4 Å². The van der Waals surface area contributed by atoms with Crippen LogP contribution >= 0.6 is 0 Å². The molecule has 0 atom stereocenters. The number of rotatable bonds is 8. The first kappa shape index (κ1) is 17.4. The maximum absolute atomic E-state index is 12.3. The lowest BCUT2D eigenvalue weighted by Crippen LogP contribution is -2.07. The third kappa shape index (κ3) is 5.33. The Balaban J connectivity index is 2.81. The lowest BCUT2D eigenvalue weighted by Gasteiger charge is -2.15. The Morgan fingerprint density at radius 2 is 1.62 bits per heavy atom. The first-order chi connectivity index (χ1) is 9.82. The van der Waals surface area contributed by atoms with Crippen LogP contribution in [0.5, 0.6) is 0 Å². The summed E-state index contributed by atoms with van der Waals surface area (Å²) in [6, 6.07) is 6.10. The van der Waals surface area contributed by atoms with E-state index >= 15 is 0 Å². The van der Waals surface area contributed by atoms with Gasteiger partial charge in [0.1, 0.15) is 0 Å². The molecule has 0 aliphatic heterocycles. The van der Waals surface area contributed by atoms with E-state index < -0.39 is 5.97 Å². The van der Waals surface area contributed by atoms with Crippen LogP contribution in [-0.2, 0) is 4.79 Å². The molecule has 1 aromatic rings. The number of hydrogen-bond acceptors (Lipinski definition) is 2. The zero-order chi connectivity index (χ0) is 16.0. The molecule has 0 spiro atoms. The van der Waals surface area contributed by atoms with Crippen LogP contribution in [0.15, 0.2) is 18.2 Å². The number of carbonyl (C=O) groups excluding carboxylic acids is 1. The molecule has 0 aliphatic rings. The average Bonchev–Trinajstić information content (AvgIpc) is 2.42. The Hall–Kier alpha value is -1.64. The van der Waals surface area contributed by atoms with Crippen molar-refractivity contribution < 1.29 is 14.7 Å². The van der Waals surface area contributed by atoms with Crippen molar-refractivity contribution in [1.82, 2.24) is 0 Å². The molecule has 0 bridgehead atoms. The van der Waals surface area contributed by atoms with Crippen LogP contribution < -0.4 is 0 Å². The smallest absolute Gasteiger partial charge is 0.303 e. The molecule has 0 radical (unpaired) electrons. The molecule has 0 aromatic heterocycles. The second-order valence-corrected chi connectivity index (χ2v) is 6.18. The Bertz CT molecular complexity index is 501. The van der Waals surface area contributed by atoms with Crippen molar-refractivity contribution in [3.05, 3.63) is 34.9 Å². The van der Waals surface area contributed by atoms with E-state index in [1.807, 2.05) is 12.1 Å². The maximum atomic E-state index is 12.3. The van der Waals surface area contributed by atoms with Crippen molar-refractivity contribution in [2.45, 2.75) is 65.2 Å². The first-order valence-corrected chi connectivity index (χ1v) is 7.71. The summed E-state index contributed by atoms with van der Waals surface area (Å²) < 4.78 is 0. The lowest BCUT2D eigenvalue weighted by atomic mass is 9.89. The summed E-state index contributed by atoms with van der Waals surface area (Å²) in [6.45, 7) is 8.49. The molecule has 0 unspecified atom stereocenters. The fourth-order valence-corrected chi connectivity index (χ4v) is 2.37. The Labute approximate surface area is 127 Å². The van der Waals surface area contributed by atoms with Crippen LogP contribution in [0, 0.1) is 0 Å². The highest BCUT2D eigenvalue weighted by Gasteiger charge is 2.15. The Kier molecular flexibility index (Phi) is 6.60. The minimum atomic E-state index is -0.799. The van der Waals surface area contributed by atoms with Gasteiger partial charge in [-0.1, -0.05) is 45.9 Å². The summed E-state index contributed by atoms with van der Waals surface area (Å²) in [6.07, 6.45) is 1.75. The SMILES string of the molecule is CC(C)c1ccc(C(=O)CCCCC(=O)O)c(C(C)C)c1. The molecule has 3 nitrogen and oxygen atoms in total. The molecule has 21 heavy (non-hydrogen) atoms. The van der Waals surface area contributed by atoms with Crippen molar-refractivity contribution in [2.75, 3.05) is 0 Å². The van der Waals surface area contributed by atoms with Gasteiger partial charge in [-0.3, -0.25) is 9.59 Å². The number of carbonyl (C=O) groups is 2. The number of ketones is 1. The second kappa shape index (κ2) is 7.96. The molecule has 0 fully saturated rings. The molecule has 1 N–H and O–H groups in total. The number of carboxylic acid groups (broad SMARTS) is 1. The molecule has 0 saturated heterocycles. The van der Waals surface area contributed by atoms with E-state index in [1.165, 1.54) is 5.56 Å². The predicted molar refractivity (Wildman–Crippen MR) is 85.1 cm³/mol. The number of aliphatic carboxylic acids is 1. The number of unbranched alkanes of at least 4 members (excludes halogenated alkanes) is 1. The van der Waals surface area contributed by atoms with Crippen molar-refractivity contribution in [1.29, 1.82) is 0 Å². The minimum absolute atomic E-state index is 0.124. The number of carboxylic acids is 1. The van der Waals surface area contributed by atoms with Crippen LogP contribution in [-0.4, -0.2) is 16.9 Å². The van der Waals surface area contributed by atoms with Gasteiger partial charge in [-0.15, -0.1) is 0 Å². The highest BCUT2D eigenvalue weighted by molar-refractivity contribution is 5.97. The molecule has 1 aromatic carbocycles. The normalized spacial score (nSPS) is 11.1. The maximum Gasteiger partial charge on any atom is 0.303 e. The van der Waals surface area contributed by atoms with Crippen LogP contribution in [0.1, 0.15) is 86.7 Å². The molecule has 0 heterocycles. The largest absolute Gasteiger partial charge is 0.481 e. The van der Waals surface area contributed by atoms with Crippen LogP contribution in [0.3, 0.4) is 0 Å². The molecule has 3 heteroatoms. The third-order valence-corrected chi connectivity index (χ3v) is 3.71. The minimum Gasteiger partial charge on any atom is -0.481 e. The quantitative estimate of drug-likeness (QED) is 0.554. The molecular formula is C18H26O3. The predicted octanol–water partition coefficient (Wildman–Crippen LogP) is 4.76. The highest BCUT2D eigenvalue weighted by atomic mass is 16.4. The fourth-order valence-electron chi connectivity index (χ4n) is 2.37. The monoisotopic (exact) mass is 290 g/mol. The first-order valence-electron chi connectivity index (χ1n) is 7.71. The van der Waals surface area contributed by atoms with Gasteiger partial charge in [-0.05, 0) is 35.8 Å². The van der Waals surface area contributed by atoms with E-state index in [2.05, 4.69) is 33.8 Å². The molecular weight excluding hydrogens is 264 g/mol. The zero-order valence-electron chi connectivity index (χ0n) is 13.5. The fraction of sp³-hybridized carbons (Fsp3) is 0.556. The summed E-state index contributed by atoms with van der Waals surface area (Å²) in [5, 5.41) is 8.61. The highest BCUT2D eigenvalue weighted by Crippen LogP contribution is 2.26. The lowest BCUT2D eigenvalue weighted by molar-refractivity contribution is -0.137. The van der Waals surface area contributed by atoms with E-state index in [0.717, 1.165) is 11.1 Å².